The molecule has 0 spiro atoms. The maximum Gasteiger partial charge on any atom is 0.223 e. The van der Waals surface area contributed by atoms with Gasteiger partial charge in [0, 0.05) is 38.2 Å². The lowest BCUT2D eigenvalue weighted by Crippen LogP contribution is -2.33. The number of hydrogen-bond acceptors (Lipinski definition) is 3. The molecule has 5 heteroatoms. The highest BCUT2D eigenvalue weighted by Crippen LogP contribution is 2.21. The van der Waals surface area contributed by atoms with Crippen LogP contribution in [0.4, 0.5) is 4.39 Å². The van der Waals surface area contributed by atoms with E-state index in [1.165, 1.54) is 6.07 Å². The first kappa shape index (κ1) is 17.6. The predicted octanol–water partition coefficient (Wildman–Crippen LogP) is 2.02. The third-order valence-electron chi connectivity index (χ3n) is 3.82. The summed E-state index contributed by atoms with van der Waals surface area (Å²) >= 11 is 0. The molecule has 1 aromatic rings. The zero-order valence-corrected chi connectivity index (χ0v) is 13.2. The van der Waals surface area contributed by atoms with E-state index in [4.69, 9.17) is 5.73 Å². The summed E-state index contributed by atoms with van der Waals surface area (Å²) in [5, 5.41) is 0. The van der Waals surface area contributed by atoms with Crippen LogP contribution in [-0.4, -0.2) is 49.4 Å². The quantitative estimate of drug-likeness (QED) is 0.798. The van der Waals surface area contributed by atoms with Crippen molar-refractivity contribution in [3.63, 3.8) is 0 Å². The van der Waals surface area contributed by atoms with E-state index < -0.39 is 0 Å². The van der Waals surface area contributed by atoms with Crippen molar-refractivity contribution in [3.05, 3.63) is 35.6 Å². The van der Waals surface area contributed by atoms with Gasteiger partial charge in [-0.05, 0) is 33.0 Å². The van der Waals surface area contributed by atoms with Gasteiger partial charge in [-0.15, -0.1) is 0 Å². The van der Waals surface area contributed by atoms with Gasteiger partial charge in [-0.25, -0.2) is 4.39 Å². The first-order chi connectivity index (χ1) is 9.97. The molecule has 1 amide bonds. The summed E-state index contributed by atoms with van der Waals surface area (Å²) in [6.45, 7) is 3.81. The van der Waals surface area contributed by atoms with Crippen molar-refractivity contribution in [1.82, 2.24) is 9.80 Å². The molecule has 0 radical (unpaired) electrons. The lowest BCUT2D eigenvalue weighted by molar-refractivity contribution is -0.130. The van der Waals surface area contributed by atoms with Gasteiger partial charge in [0.2, 0.25) is 5.91 Å². The van der Waals surface area contributed by atoms with Crippen LogP contribution in [-0.2, 0) is 4.79 Å². The Morgan fingerprint density at radius 3 is 2.57 bits per heavy atom. The number of rotatable bonds is 8. The molecule has 0 saturated carbocycles. The predicted molar refractivity (Wildman–Crippen MR) is 83.4 cm³/mol. The van der Waals surface area contributed by atoms with Crippen LogP contribution in [0.1, 0.15) is 31.4 Å². The van der Waals surface area contributed by atoms with E-state index in [0.29, 0.717) is 31.6 Å². The fraction of sp³-hybridized carbons (Fsp3) is 0.562. The van der Waals surface area contributed by atoms with Gasteiger partial charge >= 0.3 is 0 Å². The summed E-state index contributed by atoms with van der Waals surface area (Å²) in [5.41, 5.74) is 6.09. The number of halogens is 1. The minimum absolute atomic E-state index is 0.0617. The van der Waals surface area contributed by atoms with Gasteiger partial charge in [-0.3, -0.25) is 9.69 Å². The van der Waals surface area contributed by atoms with Crippen LogP contribution in [0.3, 0.4) is 0 Å². The molecular weight excluding hydrogens is 269 g/mol. The smallest absolute Gasteiger partial charge is 0.223 e. The number of nitrogens with two attached hydrogens (primary N) is 1. The average molecular weight is 295 g/mol. The van der Waals surface area contributed by atoms with E-state index in [2.05, 4.69) is 0 Å². The molecule has 0 aromatic heterocycles. The molecule has 1 rings (SSSR count). The van der Waals surface area contributed by atoms with Crippen molar-refractivity contribution >= 4 is 5.91 Å². The van der Waals surface area contributed by atoms with Gasteiger partial charge in [0.05, 0.1) is 0 Å². The van der Waals surface area contributed by atoms with Crippen LogP contribution >= 0.6 is 0 Å². The van der Waals surface area contributed by atoms with Crippen LogP contribution in [0.15, 0.2) is 24.3 Å². The molecule has 118 valence electrons. The highest BCUT2D eigenvalue weighted by Gasteiger charge is 2.17. The topological polar surface area (TPSA) is 49.6 Å². The van der Waals surface area contributed by atoms with E-state index in [0.717, 1.165) is 6.42 Å². The molecule has 1 atom stereocenters. The normalized spacial score (nSPS) is 12.5. The highest BCUT2D eigenvalue weighted by atomic mass is 19.1. The van der Waals surface area contributed by atoms with E-state index in [9.17, 15) is 9.18 Å². The second kappa shape index (κ2) is 8.74. The Morgan fingerprint density at radius 2 is 1.95 bits per heavy atom. The summed E-state index contributed by atoms with van der Waals surface area (Å²) < 4.78 is 13.8. The molecule has 0 fully saturated rings. The Balaban J connectivity index is 2.48. The maximum atomic E-state index is 13.8. The monoisotopic (exact) mass is 295 g/mol. The second-order valence-electron chi connectivity index (χ2n) is 5.39. The van der Waals surface area contributed by atoms with E-state index >= 15 is 0 Å². The molecular formula is C16H26FN3O. The van der Waals surface area contributed by atoms with Crippen LogP contribution in [0.25, 0.3) is 0 Å². The Kier molecular flexibility index (Phi) is 7.32. The lowest BCUT2D eigenvalue weighted by atomic mass is 10.1. The van der Waals surface area contributed by atoms with Crippen molar-refractivity contribution < 1.29 is 9.18 Å². The van der Waals surface area contributed by atoms with Gasteiger partial charge in [-0.2, -0.15) is 0 Å². The summed E-state index contributed by atoms with van der Waals surface area (Å²) in [4.78, 5) is 15.7. The van der Waals surface area contributed by atoms with Gasteiger partial charge in [0.25, 0.3) is 0 Å². The number of benzene rings is 1. The summed E-state index contributed by atoms with van der Waals surface area (Å²) in [5.74, 6) is -0.112. The number of nitrogens with zero attached hydrogens (tertiary/aromatic N) is 2. The molecule has 0 bridgehead atoms. The maximum absolute atomic E-state index is 13.8. The molecule has 1 aromatic carbocycles. The van der Waals surface area contributed by atoms with E-state index in [1.807, 2.05) is 24.9 Å². The molecule has 0 aliphatic carbocycles. The molecule has 0 heterocycles. The molecule has 1 unspecified atom stereocenters. The summed E-state index contributed by atoms with van der Waals surface area (Å²) in [6.07, 6.45) is 1.24. The van der Waals surface area contributed by atoms with E-state index in [1.54, 1.807) is 24.1 Å². The van der Waals surface area contributed by atoms with Crippen LogP contribution in [0.2, 0.25) is 0 Å². The zero-order chi connectivity index (χ0) is 15.8. The summed E-state index contributed by atoms with van der Waals surface area (Å²) in [7, 11) is 3.70. The minimum atomic E-state index is -0.205. The molecule has 0 aliphatic rings. The highest BCUT2D eigenvalue weighted by molar-refractivity contribution is 5.76. The lowest BCUT2D eigenvalue weighted by Gasteiger charge is -2.26. The fourth-order valence-corrected chi connectivity index (χ4v) is 2.16. The average Bonchev–Trinajstić information content (AvgIpc) is 2.49. The van der Waals surface area contributed by atoms with Gasteiger partial charge in [-0.1, -0.05) is 18.2 Å². The standard InChI is InChI=1S/C16H26FN3O/c1-13(14-7-4-5-8-15(14)17)19(2)12-9-16(21)20(3)11-6-10-18/h4-5,7-8,13H,6,9-12,18H2,1-3H3. The second-order valence-corrected chi connectivity index (χ2v) is 5.39. The first-order valence-electron chi connectivity index (χ1n) is 7.36. The minimum Gasteiger partial charge on any atom is -0.346 e. The fourth-order valence-electron chi connectivity index (χ4n) is 2.16. The molecule has 0 saturated heterocycles. The Morgan fingerprint density at radius 1 is 1.29 bits per heavy atom. The number of carbonyl (C=O) groups is 1. The largest absolute Gasteiger partial charge is 0.346 e. The van der Waals surface area contributed by atoms with Gasteiger partial charge in [0.1, 0.15) is 5.82 Å². The van der Waals surface area contributed by atoms with Gasteiger partial charge < -0.3 is 10.6 Å². The van der Waals surface area contributed by atoms with Crippen molar-refractivity contribution in [2.45, 2.75) is 25.8 Å². The van der Waals surface area contributed by atoms with Crippen LogP contribution < -0.4 is 5.73 Å². The Hall–Kier alpha value is -1.46. The summed E-state index contributed by atoms with van der Waals surface area (Å²) in [6, 6.07) is 6.70. The Bertz CT molecular complexity index is 453. The number of hydrogen-bond donors (Lipinski definition) is 1. The van der Waals surface area contributed by atoms with Crippen molar-refractivity contribution in [1.29, 1.82) is 0 Å². The third-order valence-corrected chi connectivity index (χ3v) is 3.82. The first-order valence-corrected chi connectivity index (χ1v) is 7.36. The van der Waals surface area contributed by atoms with Crippen molar-refractivity contribution in [2.75, 3.05) is 33.7 Å². The van der Waals surface area contributed by atoms with Crippen LogP contribution in [0.5, 0.6) is 0 Å². The van der Waals surface area contributed by atoms with Crippen LogP contribution in [0, 0.1) is 5.82 Å². The number of amides is 1. The molecule has 21 heavy (non-hydrogen) atoms. The molecule has 0 aliphatic heterocycles. The molecule has 4 nitrogen and oxygen atoms in total. The number of carbonyl (C=O) groups excluding carboxylic acids is 1. The van der Waals surface area contributed by atoms with Gasteiger partial charge in [0.15, 0.2) is 0 Å². The third kappa shape index (κ3) is 5.44. The van der Waals surface area contributed by atoms with Crippen molar-refractivity contribution in [2.24, 2.45) is 5.73 Å². The zero-order valence-electron chi connectivity index (χ0n) is 13.2. The van der Waals surface area contributed by atoms with E-state index in [-0.39, 0.29) is 17.8 Å². The van der Waals surface area contributed by atoms with Crippen molar-refractivity contribution in [3.8, 4) is 0 Å². The Labute approximate surface area is 126 Å². The molecule has 2 N–H and O–H groups in total. The SMILES string of the molecule is CC(c1ccccc1F)N(C)CCC(=O)N(C)CCCN.